The highest BCUT2D eigenvalue weighted by Gasteiger charge is 2.52. The van der Waals surface area contributed by atoms with Crippen LogP contribution in [0.1, 0.15) is 69.5 Å². The maximum Gasteiger partial charge on any atom is 0.238 e. The second-order valence-corrected chi connectivity index (χ2v) is 8.24. The first-order valence-electron chi connectivity index (χ1n) is 11.1. The smallest absolute Gasteiger partial charge is 0.238 e. The SMILES string of the molecule is CCCCCCC1(CC)C(=O)N(C(c2ccccc2)C(O)CN)c2ccc(F)cc21. The molecule has 0 saturated heterocycles. The van der Waals surface area contributed by atoms with Crippen LogP contribution in [-0.4, -0.2) is 23.7 Å². The highest BCUT2D eigenvalue weighted by molar-refractivity contribution is 6.08. The van der Waals surface area contributed by atoms with Gasteiger partial charge in [0.15, 0.2) is 0 Å². The molecule has 3 unspecified atom stereocenters. The molecule has 5 heteroatoms. The highest BCUT2D eigenvalue weighted by Crippen LogP contribution is 2.50. The molecule has 3 rings (SSSR count). The molecule has 4 nitrogen and oxygen atoms in total. The normalized spacial score (nSPS) is 20.3. The van der Waals surface area contributed by atoms with E-state index >= 15 is 0 Å². The molecule has 2 aromatic rings. The fourth-order valence-corrected chi connectivity index (χ4v) is 4.77. The predicted octanol–water partition coefficient (Wildman–Crippen LogP) is 4.85. The summed E-state index contributed by atoms with van der Waals surface area (Å²) in [4.78, 5) is 15.6. The Labute approximate surface area is 178 Å². The zero-order chi connectivity index (χ0) is 21.7. The Morgan fingerprint density at radius 3 is 2.47 bits per heavy atom. The van der Waals surface area contributed by atoms with Gasteiger partial charge in [-0.05, 0) is 42.2 Å². The number of hydrogen-bond donors (Lipinski definition) is 2. The van der Waals surface area contributed by atoms with E-state index in [1.54, 1.807) is 11.0 Å². The largest absolute Gasteiger partial charge is 0.389 e. The quantitative estimate of drug-likeness (QED) is 0.548. The average Bonchev–Trinajstić information content (AvgIpc) is 3.00. The minimum absolute atomic E-state index is 0.0233. The van der Waals surface area contributed by atoms with Crippen molar-refractivity contribution in [2.45, 2.75) is 69.9 Å². The molecule has 0 aromatic heterocycles. The predicted molar refractivity (Wildman–Crippen MR) is 119 cm³/mol. The van der Waals surface area contributed by atoms with Crippen molar-refractivity contribution in [1.29, 1.82) is 0 Å². The van der Waals surface area contributed by atoms with Gasteiger partial charge in [-0.15, -0.1) is 0 Å². The first-order valence-corrected chi connectivity index (χ1v) is 11.1. The van der Waals surface area contributed by atoms with Crippen LogP contribution in [0.2, 0.25) is 0 Å². The molecular weight excluding hydrogens is 379 g/mol. The Morgan fingerprint density at radius 1 is 1.10 bits per heavy atom. The van der Waals surface area contributed by atoms with Crippen LogP contribution in [0, 0.1) is 5.82 Å². The third-order valence-electron chi connectivity index (χ3n) is 6.45. The summed E-state index contributed by atoms with van der Waals surface area (Å²) in [5.74, 6) is -0.408. The fourth-order valence-electron chi connectivity index (χ4n) is 4.77. The van der Waals surface area contributed by atoms with E-state index in [-0.39, 0.29) is 18.3 Å². The zero-order valence-corrected chi connectivity index (χ0v) is 18.0. The maximum absolute atomic E-state index is 14.3. The minimum atomic E-state index is -0.929. The molecule has 1 aliphatic heterocycles. The molecule has 1 amide bonds. The Bertz CT molecular complexity index is 857. The van der Waals surface area contributed by atoms with E-state index in [4.69, 9.17) is 5.73 Å². The molecule has 0 aliphatic carbocycles. The summed E-state index contributed by atoms with van der Waals surface area (Å²) >= 11 is 0. The third-order valence-corrected chi connectivity index (χ3v) is 6.45. The van der Waals surface area contributed by atoms with Gasteiger partial charge in [-0.3, -0.25) is 4.79 Å². The van der Waals surface area contributed by atoms with Crippen molar-refractivity contribution in [1.82, 2.24) is 0 Å². The summed E-state index contributed by atoms with van der Waals surface area (Å²) in [6.45, 7) is 4.17. The Hall–Kier alpha value is -2.24. The number of aliphatic hydroxyl groups is 1. The van der Waals surface area contributed by atoms with Gasteiger partial charge in [-0.2, -0.15) is 0 Å². The Balaban J connectivity index is 2.10. The number of rotatable bonds is 10. The molecule has 1 heterocycles. The lowest BCUT2D eigenvalue weighted by Gasteiger charge is -2.34. The van der Waals surface area contributed by atoms with E-state index in [1.807, 2.05) is 37.3 Å². The van der Waals surface area contributed by atoms with Crippen LogP contribution in [-0.2, 0) is 10.2 Å². The van der Waals surface area contributed by atoms with Crippen molar-refractivity contribution in [2.24, 2.45) is 5.73 Å². The second-order valence-electron chi connectivity index (χ2n) is 8.24. The lowest BCUT2D eigenvalue weighted by Crippen LogP contribution is -2.46. The van der Waals surface area contributed by atoms with E-state index in [2.05, 4.69) is 6.92 Å². The van der Waals surface area contributed by atoms with E-state index in [0.29, 0.717) is 18.5 Å². The lowest BCUT2D eigenvalue weighted by atomic mass is 9.75. The van der Waals surface area contributed by atoms with Crippen molar-refractivity contribution in [3.05, 3.63) is 65.5 Å². The number of halogens is 1. The van der Waals surface area contributed by atoms with Crippen LogP contribution < -0.4 is 10.6 Å². The number of fused-ring (bicyclic) bond motifs is 1. The lowest BCUT2D eigenvalue weighted by molar-refractivity contribution is -0.124. The fraction of sp³-hybridized carbons (Fsp3) is 0.480. The third kappa shape index (κ3) is 4.01. The number of amides is 1. The van der Waals surface area contributed by atoms with Gasteiger partial charge in [0.2, 0.25) is 5.91 Å². The number of carbonyl (C=O) groups excluding carboxylic acids is 1. The summed E-state index contributed by atoms with van der Waals surface area (Å²) < 4.78 is 14.3. The summed E-state index contributed by atoms with van der Waals surface area (Å²) in [5.41, 5.74) is 7.29. The summed E-state index contributed by atoms with van der Waals surface area (Å²) in [7, 11) is 0. The molecule has 0 saturated carbocycles. The zero-order valence-electron chi connectivity index (χ0n) is 18.0. The summed E-state index contributed by atoms with van der Waals surface area (Å²) in [6.07, 6.45) is 4.52. The second kappa shape index (κ2) is 9.71. The molecular formula is C25H33FN2O2. The Kier molecular flexibility index (Phi) is 7.27. The summed E-state index contributed by atoms with van der Waals surface area (Å²) in [5, 5.41) is 10.8. The van der Waals surface area contributed by atoms with E-state index in [1.165, 1.54) is 12.1 Å². The van der Waals surface area contributed by atoms with Gasteiger partial charge in [0, 0.05) is 12.2 Å². The van der Waals surface area contributed by atoms with Gasteiger partial charge in [0.1, 0.15) is 5.82 Å². The number of unbranched alkanes of at least 4 members (excludes halogenated alkanes) is 3. The van der Waals surface area contributed by atoms with Crippen molar-refractivity contribution in [3.63, 3.8) is 0 Å². The van der Waals surface area contributed by atoms with Crippen molar-refractivity contribution in [2.75, 3.05) is 11.4 Å². The van der Waals surface area contributed by atoms with E-state index in [9.17, 15) is 14.3 Å². The first kappa shape index (κ1) is 22.4. The molecule has 162 valence electrons. The molecule has 1 aliphatic rings. The van der Waals surface area contributed by atoms with Crippen molar-refractivity contribution >= 4 is 11.6 Å². The number of carbonyl (C=O) groups is 1. The number of hydrogen-bond acceptors (Lipinski definition) is 3. The maximum atomic E-state index is 14.3. The molecule has 2 aromatic carbocycles. The van der Waals surface area contributed by atoms with Crippen LogP contribution >= 0.6 is 0 Å². The van der Waals surface area contributed by atoms with E-state index < -0.39 is 17.6 Å². The molecule has 0 bridgehead atoms. The van der Waals surface area contributed by atoms with Gasteiger partial charge in [0.05, 0.1) is 17.6 Å². The van der Waals surface area contributed by atoms with Crippen molar-refractivity contribution < 1.29 is 14.3 Å². The number of nitrogens with two attached hydrogens (primary N) is 1. The van der Waals surface area contributed by atoms with Gasteiger partial charge >= 0.3 is 0 Å². The first-order chi connectivity index (χ1) is 14.5. The van der Waals surface area contributed by atoms with Crippen LogP contribution in [0.4, 0.5) is 10.1 Å². The van der Waals surface area contributed by atoms with Crippen LogP contribution in [0.3, 0.4) is 0 Å². The summed E-state index contributed by atoms with van der Waals surface area (Å²) in [6, 6.07) is 13.4. The molecule has 0 spiro atoms. The highest BCUT2D eigenvalue weighted by atomic mass is 19.1. The number of anilines is 1. The van der Waals surface area contributed by atoms with Gasteiger partial charge < -0.3 is 15.7 Å². The van der Waals surface area contributed by atoms with E-state index in [0.717, 1.165) is 36.8 Å². The molecule has 0 fully saturated rings. The molecule has 0 radical (unpaired) electrons. The van der Waals surface area contributed by atoms with Gasteiger partial charge in [-0.1, -0.05) is 69.9 Å². The van der Waals surface area contributed by atoms with Gasteiger partial charge in [-0.25, -0.2) is 4.39 Å². The molecule has 3 N–H and O–H groups in total. The Morgan fingerprint density at radius 2 is 1.83 bits per heavy atom. The number of benzene rings is 2. The average molecular weight is 413 g/mol. The van der Waals surface area contributed by atoms with Gasteiger partial charge in [0.25, 0.3) is 0 Å². The molecule has 3 atom stereocenters. The minimum Gasteiger partial charge on any atom is -0.389 e. The van der Waals surface area contributed by atoms with Crippen LogP contribution in [0.5, 0.6) is 0 Å². The number of aliphatic hydroxyl groups excluding tert-OH is 1. The number of nitrogens with zero attached hydrogens (tertiary/aromatic N) is 1. The standard InChI is InChI=1S/C25H33FN2O2/c1-3-5-6-10-15-25(4-2)20-16-19(26)13-14-21(20)28(24(25)30)23(22(29)17-27)18-11-8-7-9-12-18/h7-9,11-14,16,22-23,29H,3-6,10,15,17,27H2,1-2H3. The monoisotopic (exact) mass is 412 g/mol. The van der Waals surface area contributed by atoms with Crippen LogP contribution in [0.15, 0.2) is 48.5 Å². The van der Waals surface area contributed by atoms with Crippen LogP contribution in [0.25, 0.3) is 0 Å². The topological polar surface area (TPSA) is 66.6 Å². The van der Waals surface area contributed by atoms with Crippen molar-refractivity contribution in [3.8, 4) is 0 Å². The molecule has 30 heavy (non-hydrogen) atoms.